The van der Waals surface area contributed by atoms with E-state index in [0.29, 0.717) is 45.7 Å². The average Bonchev–Trinajstić information content (AvgIpc) is 3.30. The lowest BCUT2D eigenvalue weighted by molar-refractivity contribution is -0.385. The topological polar surface area (TPSA) is 122 Å². The molecule has 0 saturated carbocycles. The van der Waals surface area contributed by atoms with Gasteiger partial charge in [-0.3, -0.25) is 10.1 Å². The highest BCUT2D eigenvalue weighted by molar-refractivity contribution is 7.99. The summed E-state index contributed by atoms with van der Waals surface area (Å²) >= 11 is 1.39. The van der Waals surface area contributed by atoms with E-state index >= 15 is 0 Å². The number of benzene rings is 2. The fraction of sp³-hybridized carbons (Fsp3) is 0.250. The van der Waals surface area contributed by atoms with E-state index in [9.17, 15) is 14.9 Å². The second kappa shape index (κ2) is 10.5. The van der Waals surface area contributed by atoms with E-state index in [-0.39, 0.29) is 17.9 Å². The van der Waals surface area contributed by atoms with Crippen LogP contribution in [0.4, 0.5) is 5.69 Å². The number of carbonyl (C=O) groups excluding carboxylic acids is 1. The standard InChI is InChI=1S/C24H23N5O5S/c1-4-16-7-6-15(13-21(16)29(31)32)12-19(23(30)34-5-2)20-14-35-24-26-25-22(28(24)27-20)17-8-10-18(33-3)11-9-17/h6-13H,4-5,14H2,1-3H3/b19-12-. The summed E-state index contributed by atoms with van der Waals surface area (Å²) in [5, 5.41) is 25.3. The summed E-state index contributed by atoms with van der Waals surface area (Å²) < 4.78 is 12.1. The zero-order chi connectivity index (χ0) is 24.9. The minimum Gasteiger partial charge on any atom is -0.497 e. The fourth-order valence-electron chi connectivity index (χ4n) is 3.55. The Labute approximate surface area is 205 Å². The van der Waals surface area contributed by atoms with Crippen LogP contribution in [0.5, 0.6) is 5.75 Å². The molecule has 1 aliphatic rings. The number of fused-ring (bicyclic) bond motifs is 1. The fourth-order valence-corrected chi connectivity index (χ4v) is 4.38. The largest absolute Gasteiger partial charge is 0.497 e. The van der Waals surface area contributed by atoms with Crippen molar-refractivity contribution in [1.82, 2.24) is 14.9 Å². The number of nitro groups is 1. The Hall–Kier alpha value is -3.99. The van der Waals surface area contributed by atoms with E-state index in [2.05, 4.69) is 15.3 Å². The molecule has 0 atom stereocenters. The second-order valence-electron chi connectivity index (χ2n) is 7.46. The summed E-state index contributed by atoms with van der Waals surface area (Å²) in [6.45, 7) is 3.75. The molecule has 2 aromatic carbocycles. The summed E-state index contributed by atoms with van der Waals surface area (Å²) in [6, 6.07) is 12.2. The molecule has 10 nitrogen and oxygen atoms in total. The molecule has 0 N–H and O–H groups in total. The van der Waals surface area contributed by atoms with Gasteiger partial charge < -0.3 is 9.47 Å². The molecule has 1 aliphatic heterocycles. The maximum absolute atomic E-state index is 12.9. The number of nitro benzene ring substituents is 1. The number of aromatic nitrogens is 3. The van der Waals surface area contributed by atoms with Gasteiger partial charge in [-0.15, -0.1) is 10.2 Å². The van der Waals surface area contributed by atoms with Crippen molar-refractivity contribution >= 4 is 35.2 Å². The van der Waals surface area contributed by atoms with Crippen LogP contribution in [-0.2, 0) is 16.0 Å². The number of rotatable bonds is 8. The third kappa shape index (κ3) is 5.09. The highest BCUT2D eigenvalue weighted by Crippen LogP contribution is 2.30. The zero-order valence-corrected chi connectivity index (χ0v) is 20.2. The van der Waals surface area contributed by atoms with Crippen LogP contribution in [0.2, 0.25) is 0 Å². The van der Waals surface area contributed by atoms with Crippen molar-refractivity contribution in [3.8, 4) is 17.1 Å². The van der Waals surface area contributed by atoms with E-state index < -0.39 is 10.9 Å². The highest BCUT2D eigenvalue weighted by atomic mass is 32.2. The van der Waals surface area contributed by atoms with E-state index in [0.717, 1.165) is 5.56 Å². The quantitative estimate of drug-likeness (QED) is 0.196. The van der Waals surface area contributed by atoms with Crippen molar-refractivity contribution in [1.29, 1.82) is 0 Å². The molecule has 0 radical (unpaired) electrons. The summed E-state index contributed by atoms with van der Waals surface area (Å²) in [5.41, 5.74) is 2.59. The molecule has 35 heavy (non-hydrogen) atoms. The molecule has 0 fully saturated rings. The molecule has 2 heterocycles. The van der Waals surface area contributed by atoms with Gasteiger partial charge in [-0.1, -0.05) is 30.8 Å². The molecule has 11 heteroatoms. The third-order valence-corrected chi connectivity index (χ3v) is 6.25. The van der Waals surface area contributed by atoms with Gasteiger partial charge in [-0.2, -0.15) is 9.78 Å². The number of ether oxygens (including phenoxy) is 2. The summed E-state index contributed by atoms with van der Waals surface area (Å²) in [6.07, 6.45) is 2.10. The predicted octanol–water partition coefficient (Wildman–Crippen LogP) is 4.38. The van der Waals surface area contributed by atoms with Gasteiger partial charge in [0.25, 0.3) is 5.69 Å². The van der Waals surface area contributed by atoms with E-state index in [1.54, 1.807) is 36.9 Å². The lowest BCUT2D eigenvalue weighted by Gasteiger charge is -2.16. The highest BCUT2D eigenvalue weighted by Gasteiger charge is 2.26. The number of thioether (sulfide) groups is 1. The normalized spacial score (nSPS) is 13.1. The van der Waals surface area contributed by atoms with Gasteiger partial charge in [0.2, 0.25) is 5.16 Å². The zero-order valence-electron chi connectivity index (χ0n) is 19.4. The minimum absolute atomic E-state index is 0.00676. The van der Waals surface area contributed by atoms with E-state index in [1.807, 2.05) is 31.2 Å². The van der Waals surface area contributed by atoms with Crippen molar-refractivity contribution in [2.24, 2.45) is 5.10 Å². The van der Waals surface area contributed by atoms with Crippen LogP contribution in [0, 0.1) is 10.1 Å². The first-order valence-corrected chi connectivity index (χ1v) is 11.9. The van der Waals surface area contributed by atoms with Gasteiger partial charge in [0.1, 0.15) is 5.75 Å². The molecule has 3 aromatic rings. The third-order valence-electron chi connectivity index (χ3n) is 5.32. The molecule has 4 rings (SSSR count). The number of esters is 1. The molecule has 0 saturated heterocycles. The molecular weight excluding hydrogens is 470 g/mol. The molecular formula is C24H23N5O5S. The molecule has 0 bridgehead atoms. The summed E-state index contributed by atoms with van der Waals surface area (Å²) in [5.74, 6) is 1.03. The van der Waals surface area contributed by atoms with Crippen LogP contribution in [0.15, 0.2) is 58.3 Å². The molecule has 0 aliphatic carbocycles. The lowest BCUT2D eigenvalue weighted by atomic mass is 10.0. The SMILES string of the molecule is CCOC(=O)/C(=C\c1ccc(CC)c([N+](=O)[O-])c1)C1=Nn2c(nnc2-c2ccc(OC)cc2)SC1. The maximum atomic E-state index is 12.9. The number of hydrogen-bond donors (Lipinski definition) is 0. The molecule has 1 aromatic heterocycles. The van der Waals surface area contributed by atoms with Crippen molar-refractivity contribution in [2.75, 3.05) is 19.5 Å². The van der Waals surface area contributed by atoms with Gasteiger partial charge in [-0.25, -0.2) is 4.79 Å². The van der Waals surface area contributed by atoms with Crippen LogP contribution in [0.25, 0.3) is 17.5 Å². The van der Waals surface area contributed by atoms with Gasteiger partial charge >= 0.3 is 5.97 Å². The average molecular weight is 494 g/mol. The number of nitrogens with zero attached hydrogens (tertiary/aromatic N) is 5. The Morgan fingerprint density at radius 3 is 2.63 bits per heavy atom. The minimum atomic E-state index is -0.559. The molecule has 0 unspecified atom stereocenters. The van der Waals surface area contributed by atoms with Crippen molar-refractivity contribution in [3.63, 3.8) is 0 Å². The first kappa shape index (κ1) is 24.1. The molecule has 0 amide bonds. The number of carbonyl (C=O) groups is 1. The van der Waals surface area contributed by atoms with Crippen LogP contribution < -0.4 is 4.74 Å². The van der Waals surface area contributed by atoms with Gasteiger partial charge in [-0.05, 0) is 49.2 Å². The first-order chi connectivity index (χ1) is 16.9. The van der Waals surface area contributed by atoms with Crippen LogP contribution in [-0.4, -0.2) is 50.9 Å². The lowest BCUT2D eigenvalue weighted by Crippen LogP contribution is -2.21. The van der Waals surface area contributed by atoms with E-state index in [4.69, 9.17) is 9.47 Å². The second-order valence-corrected chi connectivity index (χ2v) is 8.40. The number of methoxy groups -OCH3 is 1. The Kier molecular flexibility index (Phi) is 7.25. The van der Waals surface area contributed by atoms with Crippen LogP contribution >= 0.6 is 11.8 Å². The van der Waals surface area contributed by atoms with Gasteiger partial charge in [0, 0.05) is 22.9 Å². The Bertz CT molecular complexity index is 1330. The van der Waals surface area contributed by atoms with Gasteiger partial charge in [0.15, 0.2) is 5.82 Å². The monoisotopic (exact) mass is 493 g/mol. The summed E-state index contributed by atoms with van der Waals surface area (Å²) in [4.78, 5) is 24.0. The first-order valence-electron chi connectivity index (χ1n) is 10.9. The maximum Gasteiger partial charge on any atom is 0.340 e. The molecule has 0 spiro atoms. The summed E-state index contributed by atoms with van der Waals surface area (Å²) in [7, 11) is 1.59. The smallest absolute Gasteiger partial charge is 0.340 e. The number of aryl methyl sites for hydroxylation is 1. The predicted molar refractivity (Wildman–Crippen MR) is 133 cm³/mol. The van der Waals surface area contributed by atoms with E-state index in [1.165, 1.54) is 17.8 Å². The Morgan fingerprint density at radius 1 is 1.20 bits per heavy atom. The van der Waals surface area contributed by atoms with Crippen molar-refractivity contribution < 1.29 is 19.2 Å². The Morgan fingerprint density at radius 2 is 1.97 bits per heavy atom. The molecule has 180 valence electrons. The Balaban J connectivity index is 1.78. The van der Waals surface area contributed by atoms with Crippen LogP contribution in [0.1, 0.15) is 25.0 Å². The van der Waals surface area contributed by atoms with Crippen molar-refractivity contribution in [3.05, 3.63) is 69.3 Å². The van der Waals surface area contributed by atoms with Gasteiger partial charge in [0.05, 0.1) is 29.9 Å². The van der Waals surface area contributed by atoms with Crippen LogP contribution in [0.3, 0.4) is 0 Å². The number of hydrogen-bond acceptors (Lipinski definition) is 9. The van der Waals surface area contributed by atoms with Crippen molar-refractivity contribution in [2.45, 2.75) is 25.4 Å².